The van der Waals surface area contributed by atoms with Crippen molar-refractivity contribution < 1.29 is 18.6 Å². The summed E-state index contributed by atoms with van der Waals surface area (Å²) in [6, 6.07) is 24.5. The zero-order valence-corrected chi connectivity index (χ0v) is 29.0. The van der Waals surface area contributed by atoms with E-state index in [1.165, 1.54) is 0 Å². The quantitative estimate of drug-likeness (QED) is 0.220. The molecule has 5 aromatic rings. The summed E-state index contributed by atoms with van der Waals surface area (Å²) in [5, 5.41) is 17.9. The van der Waals surface area contributed by atoms with Crippen molar-refractivity contribution in [2.45, 2.75) is 90.9 Å². The van der Waals surface area contributed by atoms with Crippen LogP contribution in [0, 0.1) is 0 Å². The molecule has 10 nitrogen and oxygen atoms in total. The van der Waals surface area contributed by atoms with E-state index in [0.29, 0.717) is 13.1 Å². The van der Waals surface area contributed by atoms with Gasteiger partial charge in [-0.25, -0.2) is 9.36 Å². The second-order valence-corrected chi connectivity index (χ2v) is 14.8. The molecule has 0 unspecified atom stereocenters. The van der Waals surface area contributed by atoms with Crippen molar-refractivity contribution >= 4 is 25.2 Å². The molecule has 0 bridgehead atoms. The Hall–Kier alpha value is -4.09. The van der Waals surface area contributed by atoms with Crippen LogP contribution in [0.2, 0.25) is 0 Å². The number of rotatable bonds is 8. The number of hydrogen-bond acceptors (Lipinski definition) is 8. The number of nitrogens with zero attached hydrogens (tertiary/aromatic N) is 6. The van der Waals surface area contributed by atoms with Gasteiger partial charge in [0.2, 0.25) is 0 Å². The first-order valence-electron chi connectivity index (χ1n) is 16.5. The molecule has 2 saturated heterocycles. The van der Waals surface area contributed by atoms with Crippen LogP contribution in [0.3, 0.4) is 0 Å². The van der Waals surface area contributed by atoms with Crippen molar-refractivity contribution in [3.63, 3.8) is 0 Å². The molecule has 0 atom stereocenters. The number of benzene rings is 3. The van der Waals surface area contributed by atoms with Crippen molar-refractivity contribution in [1.29, 1.82) is 0 Å². The van der Waals surface area contributed by atoms with Gasteiger partial charge in [0, 0.05) is 11.1 Å². The Bertz CT molecular complexity index is 1780. The van der Waals surface area contributed by atoms with Gasteiger partial charge >= 0.3 is 14.2 Å². The number of aromatic nitrogens is 6. The molecule has 48 heavy (non-hydrogen) atoms. The topological polar surface area (TPSA) is 98.3 Å². The molecule has 12 heteroatoms. The van der Waals surface area contributed by atoms with Crippen molar-refractivity contribution in [2.75, 3.05) is 0 Å². The van der Waals surface area contributed by atoms with E-state index in [2.05, 4.69) is 106 Å². The van der Waals surface area contributed by atoms with E-state index in [1.54, 1.807) is 0 Å². The van der Waals surface area contributed by atoms with Crippen LogP contribution in [0.25, 0.3) is 22.5 Å². The van der Waals surface area contributed by atoms with Gasteiger partial charge in [-0.1, -0.05) is 77.2 Å². The molecule has 0 radical (unpaired) electrons. The Balaban J connectivity index is 1.07. The maximum Gasteiger partial charge on any atom is 0.495 e. The SMILES string of the molecule is CC1(C)OB(c2ccccc2Cn2cc(-c3cccc(-c4cn(Cc5ccccc5B5OC(C)(C)C(C)(C)O5)nn4)c3)nn2)OC1(C)C. The molecule has 2 aliphatic heterocycles. The molecule has 7 rings (SSSR count). The summed E-state index contributed by atoms with van der Waals surface area (Å²) in [5.74, 6) is 0. The standard InChI is InChI=1S/C36H42B2N6O4/c1-33(2)34(3,4)46-37(45-33)29-18-11-9-14-27(29)21-43-23-31(39-41-43)25-16-13-17-26(20-25)32-24-44(42-40-32)22-28-15-10-12-19-30(28)38-47-35(5,6)36(7,8)48-38/h9-20,23-24H,21-22H2,1-8H3. The second kappa shape index (κ2) is 11.8. The van der Waals surface area contributed by atoms with Gasteiger partial charge in [0.05, 0.1) is 47.9 Å². The summed E-state index contributed by atoms with van der Waals surface area (Å²) >= 11 is 0. The summed E-state index contributed by atoms with van der Waals surface area (Å²) in [5.41, 5.74) is 5.89. The van der Waals surface area contributed by atoms with Gasteiger partial charge in [0.25, 0.3) is 0 Å². The molecular weight excluding hydrogens is 602 g/mol. The summed E-state index contributed by atoms with van der Waals surface area (Å²) in [4.78, 5) is 0. The fourth-order valence-corrected chi connectivity index (χ4v) is 5.96. The van der Waals surface area contributed by atoms with Gasteiger partial charge in [-0.05, 0) is 83.5 Å². The minimum Gasteiger partial charge on any atom is -0.399 e. The van der Waals surface area contributed by atoms with Crippen molar-refractivity contribution in [3.05, 3.63) is 96.3 Å². The highest BCUT2D eigenvalue weighted by Crippen LogP contribution is 2.38. The Labute approximate surface area is 283 Å². The van der Waals surface area contributed by atoms with E-state index >= 15 is 0 Å². The maximum absolute atomic E-state index is 6.35. The molecule has 0 amide bonds. The van der Waals surface area contributed by atoms with Gasteiger partial charge in [0.15, 0.2) is 0 Å². The largest absolute Gasteiger partial charge is 0.495 e. The van der Waals surface area contributed by atoms with Crippen LogP contribution >= 0.6 is 0 Å². The lowest BCUT2D eigenvalue weighted by Gasteiger charge is -2.32. The summed E-state index contributed by atoms with van der Waals surface area (Å²) in [6.45, 7) is 17.6. The van der Waals surface area contributed by atoms with Crippen LogP contribution in [0.1, 0.15) is 66.5 Å². The molecule has 0 spiro atoms. The van der Waals surface area contributed by atoms with Gasteiger partial charge in [-0.2, -0.15) is 0 Å². The molecule has 3 aromatic carbocycles. The minimum atomic E-state index is -0.448. The molecule has 2 aliphatic rings. The summed E-state index contributed by atoms with van der Waals surface area (Å²) in [7, 11) is -0.895. The van der Waals surface area contributed by atoms with Gasteiger partial charge < -0.3 is 18.6 Å². The summed E-state index contributed by atoms with van der Waals surface area (Å²) in [6.07, 6.45) is 3.92. The molecule has 4 heterocycles. The highest BCUT2D eigenvalue weighted by atomic mass is 16.7. The summed E-state index contributed by atoms with van der Waals surface area (Å²) < 4.78 is 29.1. The Morgan fingerprint density at radius 1 is 0.521 bits per heavy atom. The van der Waals surface area contributed by atoms with E-state index in [0.717, 1.165) is 44.6 Å². The zero-order chi connectivity index (χ0) is 33.9. The van der Waals surface area contributed by atoms with Crippen LogP contribution < -0.4 is 10.9 Å². The number of hydrogen-bond donors (Lipinski definition) is 0. The van der Waals surface area contributed by atoms with Crippen LogP contribution in [0.5, 0.6) is 0 Å². The highest BCUT2D eigenvalue weighted by Gasteiger charge is 2.53. The zero-order valence-electron chi connectivity index (χ0n) is 29.0. The average Bonchev–Trinajstić information content (AvgIpc) is 3.79. The van der Waals surface area contributed by atoms with E-state index in [-0.39, 0.29) is 0 Å². The lowest BCUT2D eigenvalue weighted by molar-refractivity contribution is 0.00578. The molecule has 0 saturated carbocycles. The molecule has 2 fully saturated rings. The molecule has 2 aromatic heterocycles. The van der Waals surface area contributed by atoms with Crippen molar-refractivity contribution in [1.82, 2.24) is 30.0 Å². The first-order valence-corrected chi connectivity index (χ1v) is 16.5. The van der Waals surface area contributed by atoms with Crippen LogP contribution in [-0.2, 0) is 31.7 Å². The molecular formula is C36H42B2N6O4. The Morgan fingerprint density at radius 2 is 0.896 bits per heavy atom. The van der Waals surface area contributed by atoms with Gasteiger partial charge in [0.1, 0.15) is 11.4 Å². The third-order valence-electron chi connectivity index (χ3n) is 10.3. The van der Waals surface area contributed by atoms with Crippen LogP contribution in [-0.4, -0.2) is 66.6 Å². The van der Waals surface area contributed by atoms with Crippen LogP contribution in [0.4, 0.5) is 0 Å². The van der Waals surface area contributed by atoms with Crippen molar-refractivity contribution in [3.8, 4) is 22.5 Å². The van der Waals surface area contributed by atoms with Crippen LogP contribution in [0.15, 0.2) is 85.2 Å². The average molecular weight is 644 g/mol. The van der Waals surface area contributed by atoms with E-state index in [1.807, 2.05) is 64.2 Å². The fraction of sp³-hybridized carbons (Fsp3) is 0.389. The predicted octanol–water partition coefficient (Wildman–Crippen LogP) is 4.90. The predicted molar refractivity (Wildman–Crippen MR) is 187 cm³/mol. The molecule has 246 valence electrons. The van der Waals surface area contributed by atoms with Gasteiger partial charge in [-0.15, -0.1) is 10.2 Å². The monoisotopic (exact) mass is 644 g/mol. The van der Waals surface area contributed by atoms with Crippen molar-refractivity contribution in [2.24, 2.45) is 0 Å². The first-order chi connectivity index (χ1) is 22.7. The lowest BCUT2D eigenvalue weighted by atomic mass is 9.76. The smallest absolute Gasteiger partial charge is 0.399 e. The highest BCUT2D eigenvalue weighted by molar-refractivity contribution is 6.63. The molecule has 0 aliphatic carbocycles. The Morgan fingerprint density at radius 3 is 1.29 bits per heavy atom. The normalized spacial score (nSPS) is 19.2. The van der Waals surface area contributed by atoms with Gasteiger partial charge in [-0.3, -0.25) is 0 Å². The Kier molecular flexibility index (Phi) is 7.98. The third kappa shape index (κ3) is 6.02. The minimum absolute atomic E-state index is 0.416. The first kappa shape index (κ1) is 32.5. The maximum atomic E-state index is 6.35. The van der Waals surface area contributed by atoms with E-state index in [9.17, 15) is 0 Å². The molecule has 0 N–H and O–H groups in total. The van der Waals surface area contributed by atoms with E-state index in [4.69, 9.17) is 18.6 Å². The third-order valence-corrected chi connectivity index (χ3v) is 10.3. The second-order valence-electron chi connectivity index (χ2n) is 14.8. The fourth-order valence-electron chi connectivity index (χ4n) is 5.96. The lowest BCUT2D eigenvalue weighted by Crippen LogP contribution is -2.41. The van der Waals surface area contributed by atoms with E-state index < -0.39 is 36.6 Å².